The highest BCUT2D eigenvalue weighted by Crippen LogP contribution is 2.41. The Bertz CT molecular complexity index is 1450. The van der Waals surface area contributed by atoms with Crippen molar-refractivity contribution in [2.45, 2.75) is 67.0 Å². The predicted octanol–water partition coefficient (Wildman–Crippen LogP) is 6.44. The Morgan fingerprint density at radius 2 is 1.85 bits per heavy atom. The van der Waals surface area contributed by atoms with E-state index in [4.69, 9.17) is 16.3 Å². The van der Waals surface area contributed by atoms with E-state index < -0.39 is 38.0 Å². The fourth-order valence-corrected chi connectivity index (χ4v) is 7.31. The lowest BCUT2D eigenvalue weighted by molar-refractivity contribution is -0.137. The molecule has 5 rings (SSSR count). The van der Waals surface area contributed by atoms with Crippen LogP contribution in [0.4, 0.5) is 17.6 Å². The first-order valence-corrected chi connectivity index (χ1v) is 15.1. The van der Waals surface area contributed by atoms with Crippen molar-refractivity contribution >= 4 is 21.4 Å². The second-order valence-electron chi connectivity index (χ2n) is 10.3. The molecule has 0 amide bonds. The Kier molecular flexibility index (Phi) is 8.35. The zero-order chi connectivity index (χ0) is 28.5. The molecular formula is C28H28ClF4N3O3S. The van der Waals surface area contributed by atoms with Crippen LogP contribution >= 0.6 is 11.6 Å². The Morgan fingerprint density at radius 3 is 2.55 bits per heavy atom. The summed E-state index contributed by atoms with van der Waals surface area (Å²) in [5, 5.41) is -0.0390. The van der Waals surface area contributed by atoms with Crippen LogP contribution in [0.1, 0.15) is 54.8 Å². The first-order valence-electron chi connectivity index (χ1n) is 13.1. The Morgan fingerprint density at radius 1 is 1.07 bits per heavy atom. The molecule has 214 valence electrons. The number of halogens is 5. The third-order valence-corrected chi connectivity index (χ3v) is 9.58. The fraction of sp³-hybridized carbons (Fsp3) is 0.429. The van der Waals surface area contributed by atoms with Crippen LogP contribution in [0, 0.1) is 5.82 Å². The first-order chi connectivity index (χ1) is 19.0. The number of sulfone groups is 1. The van der Waals surface area contributed by atoms with E-state index in [1.165, 1.54) is 30.7 Å². The van der Waals surface area contributed by atoms with Crippen molar-refractivity contribution in [3.8, 4) is 5.75 Å². The molecule has 12 heteroatoms. The van der Waals surface area contributed by atoms with Crippen LogP contribution in [0.5, 0.6) is 5.75 Å². The third kappa shape index (κ3) is 6.42. The predicted molar refractivity (Wildman–Crippen MR) is 141 cm³/mol. The maximum Gasteiger partial charge on any atom is 0.416 e. The van der Waals surface area contributed by atoms with Gasteiger partial charge < -0.3 is 4.74 Å². The van der Waals surface area contributed by atoms with Crippen LogP contribution in [-0.2, 0) is 21.8 Å². The highest BCUT2D eigenvalue weighted by atomic mass is 35.5. The van der Waals surface area contributed by atoms with E-state index >= 15 is 4.39 Å². The minimum absolute atomic E-state index is 0.0341. The summed E-state index contributed by atoms with van der Waals surface area (Å²) in [7, 11) is -4.09. The van der Waals surface area contributed by atoms with Crippen LogP contribution in [0.2, 0.25) is 5.02 Å². The lowest BCUT2D eigenvalue weighted by Gasteiger charge is -2.41. The molecule has 1 aliphatic carbocycles. The number of ether oxygens (including phenoxy) is 1. The van der Waals surface area contributed by atoms with Gasteiger partial charge in [-0.15, -0.1) is 0 Å². The number of rotatable bonds is 7. The second-order valence-corrected chi connectivity index (χ2v) is 12.6. The second kappa shape index (κ2) is 11.6. The van der Waals surface area contributed by atoms with Gasteiger partial charge in [0, 0.05) is 18.3 Å². The highest BCUT2D eigenvalue weighted by Gasteiger charge is 2.39. The Hall–Kier alpha value is -2.76. The van der Waals surface area contributed by atoms with E-state index in [1.807, 2.05) is 0 Å². The van der Waals surface area contributed by atoms with E-state index in [0.717, 1.165) is 44.1 Å². The van der Waals surface area contributed by atoms with Crippen molar-refractivity contribution in [2.24, 2.45) is 0 Å². The maximum atomic E-state index is 15.1. The topological polar surface area (TPSA) is 72.4 Å². The van der Waals surface area contributed by atoms with Crippen LogP contribution in [-0.4, -0.2) is 48.5 Å². The summed E-state index contributed by atoms with van der Waals surface area (Å²) in [6.45, 7) is 1.67. The zero-order valence-electron chi connectivity index (χ0n) is 21.4. The molecule has 0 unspecified atom stereocenters. The van der Waals surface area contributed by atoms with E-state index in [-0.39, 0.29) is 34.5 Å². The summed E-state index contributed by atoms with van der Waals surface area (Å²) in [6.07, 6.45) is 1.51. The molecule has 2 aliphatic rings. The highest BCUT2D eigenvalue weighted by molar-refractivity contribution is 7.90. The summed E-state index contributed by atoms with van der Waals surface area (Å²) in [6, 6.07) is 8.84. The van der Waals surface area contributed by atoms with Crippen LogP contribution in [0.15, 0.2) is 59.9 Å². The average Bonchev–Trinajstić information content (AvgIpc) is 3.45. The molecule has 2 aromatic carbocycles. The monoisotopic (exact) mass is 597 g/mol. The quantitative estimate of drug-likeness (QED) is 0.292. The molecule has 1 aliphatic heterocycles. The van der Waals surface area contributed by atoms with Gasteiger partial charge in [-0.3, -0.25) is 4.90 Å². The maximum absolute atomic E-state index is 15.1. The van der Waals surface area contributed by atoms with Gasteiger partial charge in [0.15, 0.2) is 9.84 Å². The van der Waals surface area contributed by atoms with Gasteiger partial charge in [0.25, 0.3) is 0 Å². The average molecular weight is 598 g/mol. The summed E-state index contributed by atoms with van der Waals surface area (Å²) in [5.74, 6) is -1.55. The molecule has 3 atom stereocenters. The molecule has 0 radical (unpaired) electrons. The van der Waals surface area contributed by atoms with Gasteiger partial charge in [0.1, 0.15) is 28.9 Å². The van der Waals surface area contributed by atoms with Gasteiger partial charge in [-0.2, -0.15) is 13.2 Å². The van der Waals surface area contributed by atoms with Crippen molar-refractivity contribution in [3.05, 3.63) is 82.6 Å². The number of alkyl halides is 3. The lowest BCUT2D eigenvalue weighted by Crippen LogP contribution is -2.48. The zero-order valence-corrected chi connectivity index (χ0v) is 23.0. The molecule has 1 saturated heterocycles. The van der Waals surface area contributed by atoms with Crippen molar-refractivity contribution < 1.29 is 30.7 Å². The SMILES string of the molecule is O=S(=O)(Cc1ccncn1)c1cc(Cl)c(O[C@H]2CC[C@H](c3cccc(C(F)(F)F)c3)C[C@@H]2N2CCCC2)cc1F. The van der Waals surface area contributed by atoms with Gasteiger partial charge in [0.2, 0.25) is 0 Å². The van der Waals surface area contributed by atoms with Gasteiger partial charge in [-0.05, 0) is 74.9 Å². The van der Waals surface area contributed by atoms with Crippen molar-refractivity contribution in [1.82, 2.24) is 14.9 Å². The number of aromatic nitrogens is 2. The summed E-state index contributed by atoms with van der Waals surface area (Å²) in [4.78, 5) is 9.37. The summed E-state index contributed by atoms with van der Waals surface area (Å²) in [5.41, 5.74) is 0.190. The number of hydrogen-bond donors (Lipinski definition) is 0. The third-order valence-electron chi connectivity index (χ3n) is 7.63. The summed E-state index contributed by atoms with van der Waals surface area (Å²) < 4.78 is 87.1. The van der Waals surface area contributed by atoms with Crippen molar-refractivity contribution in [2.75, 3.05) is 13.1 Å². The molecule has 0 bridgehead atoms. The molecule has 3 aromatic rings. The van der Waals surface area contributed by atoms with Gasteiger partial charge >= 0.3 is 6.18 Å². The van der Waals surface area contributed by atoms with Crippen LogP contribution in [0.3, 0.4) is 0 Å². The molecule has 2 heterocycles. The number of hydrogen-bond acceptors (Lipinski definition) is 6. The molecule has 0 spiro atoms. The summed E-state index contributed by atoms with van der Waals surface area (Å²) >= 11 is 6.42. The minimum Gasteiger partial charge on any atom is -0.487 e. The molecule has 1 aromatic heterocycles. The fourth-order valence-electron chi connectivity index (χ4n) is 5.66. The Labute approximate surface area is 235 Å². The molecular weight excluding hydrogens is 570 g/mol. The number of benzene rings is 2. The normalized spacial score (nSPS) is 22.4. The number of likely N-dealkylation sites (tertiary alicyclic amines) is 1. The van der Waals surface area contributed by atoms with E-state index in [9.17, 15) is 21.6 Å². The van der Waals surface area contributed by atoms with Gasteiger partial charge in [-0.25, -0.2) is 22.8 Å². The lowest BCUT2D eigenvalue weighted by atomic mass is 9.79. The Balaban J connectivity index is 1.36. The molecule has 40 heavy (non-hydrogen) atoms. The van der Waals surface area contributed by atoms with E-state index in [2.05, 4.69) is 14.9 Å². The van der Waals surface area contributed by atoms with Gasteiger partial charge in [0.05, 0.1) is 22.0 Å². The van der Waals surface area contributed by atoms with E-state index in [0.29, 0.717) is 24.8 Å². The largest absolute Gasteiger partial charge is 0.487 e. The standard InChI is InChI=1S/C28H28ClF4N3O3S/c29-22-14-27(40(37,38)16-21-8-9-34-17-35-21)23(30)15-26(22)39-25-7-6-19(13-24(25)36-10-1-2-11-36)18-4-3-5-20(12-18)28(31,32)33/h3-5,8-9,12,14-15,17,19,24-25H,1-2,6-7,10-11,13,16H2/t19-,24-,25-/m0/s1. The smallest absolute Gasteiger partial charge is 0.416 e. The molecule has 0 N–H and O–H groups in total. The molecule has 2 fully saturated rings. The van der Waals surface area contributed by atoms with Crippen molar-refractivity contribution in [3.63, 3.8) is 0 Å². The number of nitrogens with zero attached hydrogens (tertiary/aromatic N) is 3. The van der Waals surface area contributed by atoms with Crippen LogP contribution < -0.4 is 4.74 Å². The van der Waals surface area contributed by atoms with Crippen molar-refractivity contribution in [1.29, 1.82) is 0 Å². The van der Waals surface area contributed by atoms with E-state index in [1.54, 1.807) is 6.07 Å². The molecule has 6 nitrogen and oxygen atoms in total. The molecule has 1 saturated carbocycles. The van der Waals surface area contributed by atoms with Gasteiger partial charge in [-0.1, -0.05) is 29.8 Å². The minimum atomic E-state index is -4.42. The first kappa shape index (κ1) is 28.8. The van der Waals surface area contributed by atoms with Crippen LogP contribution in [0.25, 0.3) is 0 Å².